The summed E-state index contributed by atoms with van der Waals surface area (Å²) < 4.78 is 6.11. The average Bonchev–Trinajstić information content (AvgIpc) is 2.30. The minimum absolute atomic E-state index is 0.226. The molecule has 2 fully saturated rings. The molecule has 1 spiro atoms. The summed E-state index contributed by atoms with van der Waals surface area (Å²) >= 11 is 0. The molecule has 1 aliphatic heterocycles. The fourth-order valence-corrected chi connectivity index (χ4v) is 3.31. The second kappa shape index (κ2) is 5.48. The lowest BCUT2D eigenvalue weighted by Gasteiger charge is -2.45. The molecule has 16 heavy (non-hydrogen) atoms. The van der Waals surface area contributed by atoms with Crippen molar-refractivity contribution in [2.75, 3.05) is 26.7 Å². The van der Waals surface area contributed by atoms with Crippen molar-refractivity contribution < 1.29 is 4.74 Å². The van der Waals surface area contributed by atoms with Gasteiger partial charge in [0.2, 0.25) is 0 Å². The van der Waals surface area contributed by atoms with Gasteiger partial charge in [0.15, 0.2) is 0 Å². The van der Waals surface area contributed by atoms with E-state index in [0.717, 1.165) is 19.7 Å². The Morgan fingerprint density at radius 3 is 2.75 bits per heavy atom. The monoisotopic (exact) mass is 226 g/mol. The Labute approximate surface area is 99.3 Å². The Bertz CT molecular complexity index is 208. The molecule has 1 atom stereocenters. The van der Waals surface area contributed by atoms with E-state index >= 15 is 0 Å². The molecule has 2 aliphatic rings. The summed E-state index contributed by atoms with van der Waals surface area (Å²) in [5.41, 5.74) is 5.86. The van der Waals surface area contributed by atoms with Crippen LogP contribution in [0.25, 0.3) is 0 Å². The topological polar surface area (TPSA) is 38.5 Å². The summed E-state index contributed by atoms with van der Waals surface area (Å²) in [6.07, 6.45) is 9.07. The number of rotatable bonds is 3. The molecule has 2 rings (SSSR count). The van der Waals surface area contributed by atoms with E-state index in [4.69, 9.17) is 10.5 Å². The summed E-state index contributed by atoms with van der Waals surface area (Å²) in [4.78, 5) is 2.43. The minimum Gasteiger partial charge on any atom is -0.375 e. The fourth-order valence-electron chi connectivity index (χ4n) is 3.31. The van der Waals surface area contributed by atoms with E-state index in [9.17, 15) is 0 Å². The van der Waals surface area contributed by atoms with Crippen LogP contribution in [0, 0.1) is 0 Å². The molecule has 1 saturated heterocycles. The Kier molecular flexibility index (Phi) is 4.22. The molecular weight excluding hydrogens is 200 g/mol. The Hall–Kier alpha value is -0.120. The zero-order valence-electron chi connectivity index (χ0n) is 10.6. The van der Waals surface area contributed by atoms with Gasteiger partial charge in [0.05, 0.1) is 5.60 Å². The molecule has 0 radical (unpaired) electrons. The maximum absolute atomic E-state index is 6.11. The van der Waals surface area contributed by atoms with Crippen molar-refractivity contribution >= 4 is 0 Å². The van der Waals surface area contributed by atoms with Crippen LogP contribution < -0.4 is 5.73 Å². The molecule has 2 N–H and O–H groups in total. The third-order valence-electron chi connectivity index (χ3n) is 4.34. The highest BCUT2D eigenvalue weighted by atomic mass is 16.5. The van der Waals surface area contributed by atoms with E-state index in [2.05, 4.69) is 11.9 Å². The van der Waals surface area contributed by atoms with Crippen LogP contribution in [0.15, 0.2) is 0 Å². The first-order chi connectivity index (χ1) is 7.76. The number of hydrogen-bond acceptors (Lipinski definition) is 3. The lowest BCUT2D eigenvalue weighted by Crippen LogP contribution is -2.49. The third-order valence-corrected chi connectivity index (χ3v) is 4.34. The number of nitrogens with zero attached hydrogens (tertiary/aromatic N) is 1. The lowest BCUT2D eigenvalue weighted by molar-refractivity contribution is -0.121. The van der Waals surface area contributed by atoms with E-state index in [1.807, 2.05) is 0 Å². The molecule has 1 aliphatic carbocycles. The minimum atomic E-state index is 0.226. The van der Waals surface area contributed by atoms with E-state index < -0.39 is 0 Å². The van der Waals surface area contributed by atoms with Crippen molar-refractivity contribution in [2.45, 2.75) is 56.6 Å². The Morgan fingerprint density at radius 1 is 1.31 bits per heavy atom. The van der Waals surface area contributed by atoms with E-state index in [1.165, 1.54) is 44.9 Å². The van der Waals surface area contributed by atoms with Crippen LogP contribution in [0.1, 0.15) is 44.9 Å². The quantitative estimate of drug-likeness (QED) is 0.797. The maximum Gasteiger partial charge on any atom is 0.0697 e. The highest BCUT2D eigenvalue weighted by Gasteiger charge is 2.39. The summed E-state index contributed by atoms with van der Waals surface area (Å²) in [5, 5.41) is 0. The third kappa shape index (κ3) is 2.76. The van der Waals surface area contributed by atoms with Gasteiger partial charge in [-0.1, -0.05) is 19.3 Å². The number of likely N-dealkylation sites (N-methyl/N-ethyl adjacent to an activating group) is 1. The van der Waals surface area contributed by atoms with Crippen LogP contribution in [-0.4, -0.2) is 43.3 Å². The largest absolute Gasteiger partial charge is 0.375 e. The van der Waals surface area contributed by atoms with Crippen molar-refractivity contribution in [3.05, 3.63) is 0 Å². The number of nitrogens with two attached hydrogens (primary N) is 1. The van der Waals surface area contributed by atoms with E-state index in [1.54, 1.807) is 0 Å². The van der Waals surface area contributed by atoms with Crippen LogP contribution in [-0.2, 0) is 4.74 Å². The van der Waals surface area contributed by atoms with Crippen molar-refractivity contribution in [3.63, 3.8) is 0 Å². The molecule has 1 saturated carbocycles. The van der Waals surface area contributed by atoms with Crippen LogP contribution in [0.4, 0.5) is 0 Å². The molecule has 0 aromatic heterocycles. The van der Waals surface area contributed by atoms with Crippen LogP contribution >= 0.6 is 0 Å². The zero-order chi connectivity index (χ0) is 11.4. The lowest BCUT2D eigenvalue weighted by atomic mass is 9.78. The second-order valence-electron chi connectivity index (χ2n) is 5.51. The van der Waals surface area contributed by atoms with Gasteiger partial charge in [-0.15, -0.1) is 0 Å². The van der Waals surface area contributed by atoms with Gasteiger partial charge in [-0.05, 0) is 32.7 Å². The summed E-state index contributed by atoms with van der Waals surface area (Å²) in [6.45, 7) is 2.72. The van der Waals surface area contributed by atoms with Crippen LogP contribution in [0.3, 0.4) is 0 Å². The molecule has 1 heterocycles. The van der Waals surface area contributed by atoms with Gasteiger partial charge in [0.1, 0.15) is 0 Å². The smallest absolute Gasteiger partial charge is 0.0697 e. The Balaban J connectivity index is 1.92. The van der Waals surface area contributed by atoms with Gasteiger partial charge in [0.25, 0.3) is 0 Å². The first kappa shape index (κ1) is 12.3. The predicted molar refractivity (Wildman–Crippen MR) is 66.5 cm³/mol. The fraction of sp³-hybridized carbons (Fsp3) is 1.00. The molecule has 1 unspecified atom stereocenters. The molecule has 94 valence electrons. The van der Waals surface area contributed by atoms with Crippen molar-refractivity contribution in [1.29, 1.82) is 0 Å². The standard InChI is InChI=1S/C13H26N2O/c1-15(9-8-14)12-5-10-16-13(11-12)6-3-2-4-7-13/h12H,2-11,14H2,1H3. The van der Waals surface area contributed by atoms with Crippen LogP contribution in [0.5, 0.6) is 0 Å². The highest BCUT2D eigenvalue weighted by molar-refractivity contribution is 4.92. The van der Waals surface area contributed by atoms with Gasteiger partial charge in [-0.25, -0.2) is 0 Å². The van der Waals surface area contributed by atoms with Crippen molar-refractivity contribution in [1.82, 2.24) is 4.90 Å². The summed E-state index contributed by atoms with van der Waals surface area (Å²) in [7, 11) is 2.21. The first-order valence-electron chi connectivity index (χ1n) is 6.80. The summed E-state index contributed by atoms with van der Waals surface area (Å²) in [5.74, 6) is 0. The highest BCUT2D eigenvalue weighted by Crippen LogP contribution is 2.39. The van der Waals surface area contributed by atoms with Gasteiger partial charge in [-0.2, -0.15) is 0 Å². The summed E-state index contributed by atoms with van der Waals surface area (Å²) in [6, 6.07) is 0.690. The Morgan fingerprint density at radius 2 is 2.06 bits per heavy atom. The first-order valence-corrected chi connectivity index (χ1v) is 6.80. The molecule has 3 nitrogen and oxygen atoms in total. The van der Waals surface area contributed by atoms with Gasteiger partial charge >= 0.3 is 0 Å². The van der Waals surface area contributed by atoms with Crippen molar-refractivity contribution in [2.24, 2.45) is 5.73 Å². The molecule has 0 amide bonds. The van der Waals surface area contributed by atoms with E-state index in [0.29, 0.717) is 6.04 Å². The normalized spacial score (nSPS) is 29.8. The van der Waals surface area contributed by atoms with E-state index in [-0.39, 0.29) is 5.60 Å². The van der Waals surface area contributed by atoms with Gasteiger partial charge in [0, 0.05) is 25.7 Å². The predicted octanol–water partition coefficient (Wildman–Crippen LogP) is 1.76. The van der Waals surface area contributed by atoms with Gasteiger partial charge in [-0.3, -0.25) is 0 Å². The molecule has 0 bridgehead atoms. The second-order valence-corrected chi connectivity index (χ2v) is 5.51. The molecular formula is C13H26N2O. The SMILES string of the molecule is CN(CCN)C1CCOC2(CCCCC2)C1. The molecule has 3 heteroatoms. The molecule has 0 aromatic rings. The number of hydrogen-bond donors (Lipinski definition) is 1. The zero-order valence-corrected chi connectivity index (χ0v) is 10.6. The maximum atomic E-state index is 6.11. The van der Waals surface area contributed by atoms with Crippen LogP contribution in [0.2, 0.25) is 0 Å². The number of ether oxygens (including phenoxy) is 1. The average molecular weight is 226 g/mol. The van der Waals surface area contributed by atoms with Crippen molar-refractivity contribution in [3.8, 4) is 0 Å². The van der Waals surface area contributed by atoms with Gasteiger partial charge < -0.3 is 15.4 Å². The molecule has 0 aromatic carbocycles.